The summed E-state index contributed by atoms with van der Waals surface area (Å²) in [5, 5.41) is 3.60. The Morgan fingerprint density at radius 3 is 2.84 bits per heavy atom. The summed E-state index contributed by atoms with van der Waals surface area (Å²) in [6.45, 7) is 2.10. The molecule has 1 nitrogen and oxygen atoms in total. The molecule has 0 saturated heterocycles. The Bertz CT molecular complexity index is 624. The summed E-state index contributed by atoms with van der Waals surface area (Å²) < 4.78 is 13.1. The number of benzene rings is 2. The lowest BCUT2D eigenvalue weighted by Crippen LogP contribution is -2.07. The van der Waals surface area contributed by atoms with Crippen LogP contribution in [0.1, 0.15) is 29.2 Å². The van der Waals surface area contributed by atoms with E-state index >= 15 is 0 Å². The van der Waals surface area contributed by atoms with Crippen molar-refractivity contribution in [3.8, 4) is 0 Å². The van der Waals surface area contributed by atoms with Crippen LogP contribution < -0.4 is 5.32 Å². The highest BCUT2D eigenvalue weighted by Gasteiger charge is 2.22. The highest BCUT2D eigenvalue weighted by molar-refractivity contribution is 6.31. The first-order valence-electron chi connectivity index (χ1n) is 6.44. The highest BCUT2D eigenvalue weighted by atomic mass is 35.5. The van der Waals surface area contributed by atoms with Crippen molar-refractivity contribution >= 4 is 17.3 Å². The quantitative estimate of drug-likeness (QED) is 0.823. The average molecular weight is 276 g/mol. The van der Waals surface area contributed by atoms with Crippen LogP contribution in [0.25, 0.3) is 0 Å². The molecular weight excluding hydrogens is 261 g/mol. The fourth-order valence-electron chi connectivity index (χ4n) is 2.66. The van der Waals surface area contributed by atoms with E-state index in [1.807, 2.05) is 0 Å². The van der Waals surface area contributed by atoms with Crippen molar-refractivity contribution in [1.82, 2.24) is 0 Å². The third-order valence-corrected chi connectivity index (χ3v) is 3.93. The number of rotatable bonds is 2. The van der Waals surface area contributed by atoms with Gasteiger partial charge >= 0.3 is 0 Å². The molecule has 0 radical (unpaired) electrons. The summed E-state index contributed by atoms with van der Waals surface area (Å²) in [5.41, 5.74) is 4.88. The number of halogens is 2. The van der Waals surface area contributed by atoms with Crippen molar-refractivity contribution < 1.29 is 4.39 Å². The molecule has 19 heavy (non-hydrogen) atoms. The number of aryl methyl sites for hydroxylation is 2. The van der Waals surface area contributed by atoms with Gasteiger partial charge in [-0.3, -0.25) is 0 Å². The van der Waals surface area contributed by atoms with E-state index in [1.54, 1.807) is 12.1 Å². The Morgan fingerprint density at radius 1 is 1.21 bits per heavy atom. The molecular formula is C16H15ClFN. The lowest BCUT2D eigenvalue weighted by molar-refractivity contribution is 0.628. The predicted octanol–water partition coefficient (Wildman–Crippen LogP) is 4.89. The van der Waals surface area contributed by atoms with Gasteiger partial charge in [0.1, 0.15) is 5.82 Å². The second-order valence-electron chi connectivity index (χ2n) is 5.07. The maximum atomic E-state index is 13.1. The smallest absolute Gasteiger partial charge is 0.141 e. The van der Waals surface area contributed by atoms with Gasteiger partial charge in [-0.15, -0.1) is 0 Å². The van der Waals surface area contributed by atoms with Crippen LogP contribution in [-0.2, 0) is 6.42 Å². The Morgan fingerprint density at radius 2 is 2.05 bits per heavy atom. The van der Waals surface area contributed by atoms with E-state index in [1.165, 1.54) is 22.8 Å². The molecule has 0 saturated carbocycles. The normalized spacial score (nSPS) is 17.3. The van der Waals surface area contributed by atoms with Gasteiger partial charge in [0.15, 0.2) is 0 Å². The van der Waals surface area contributed by atoms with Crippen molar-refractivity contribution in [2.24, 2.45) is 0 Å². The van der Waals surface area contributed by atoms with Crippen LogP contribution in [0, 0.1) is 12.7 Å². The first-order chi connectivity index (χ1) is 9.13. The Balaban J connectivity index is 1.86. The first-order valence-corrected chi connectivity index (χ1v) is 6.82. The molecule has 0 bridgehead atoms. The summed E-state index contributed by atoms with van der Waals surface area (Å²) in [7, 11) is 0. The van der Waals surface area contributed by atoms with Gasteiger partial charge in [-0.25, -0.2) is 4.39 Å². The number of hydrogen-bond donors (Lipinski definition) is 1. The lowest BCUT2D eigenvalue weighted by Gasteiger charge is -2.16. The summed E-state index contributed by atoms with van der Waals surface area (Å²) in [6.07, 6.45) is 2.15. The molecule has 0 aliphatic heterocycles. The topological polar surface area (TPSA) is 12.0 Å². The molecule has 0 amide bonds. The maximum absolute atomic E-state index is 13.1. The minimum Gasteiger partial charge on any atom is -0.378 e. The van der Waals surface area contributed by atoms with Crippen molar-refractivity contribution in [2.45, 2.75) is 25.8 Å². The van der Waals surface area contributed by atoms with Crippen molar-refractivity contribution in [2.75, 3.05) is 5.32 Å². The third kappa shape index (κ3) is 2.45. The van der Waals surface area contributed by atoms with Crippen molar-refractivity contribution in [3.63, 3.8) is 0 Å². The molecule has 0 aromatic heterocycles. The number of anilines is 1. The molecule has 1 atom stereocenters. The van der Waals surface area contributed by atoms with Gasteiger partial charge in [-0.2, -0.15) is 0 Å². The fourth-order valence-corrected chi connectivity index (χ4v) is 2.84. The van der Waals surface area contributed by atoms with Crippen LogP contribution in [0.2, 0.25) is 5.02 Å². The summed E-state index contributed by atoms with van der Waals surface area (Å²) in [5.74, 6) is -0.380. The van der Waals surface area contributed by atoms with Gasteiger partial charge in [0, 0.05) is 5.69 Å². The van der Waals surface area contributed by atoms with E-state index in [0.717, 1.165) is 18.5 Å². The molecule has 1 unspecified atom stereocenters. The molecule has 0 spiro atoms. The molecule has 1 aliphatic rings. The average Bonchev–Trinajstić information content (AvgIpc) is 2.77. The zero-order valence-corrected chi connectivity index (χ0v) is 11.5. The monoisotopic (exact) mass is 275 g/mol. The summed E-state index contributed by atoms with van der Waals surface area (Å²) in [6, 6.07) is 11.6. The van der Waals surface area contributed by atoms with E-state index < -0.39 is 0 Å². The summed E-state index contributed by atoms with van der Waals surface area (Å²) in [4.78, 5) is 0. The van der Waals surface area contributed by atoms with E-state index in [4.69, 9.17) is 11.6 Å². The Labute approximate surface area is 117 Å². The van der Waals surface area contributed by atoms with Crippen molar-refractivity contribution in [1.29, 1.82) is 0 Å². The molecule has 0 heterocycles. The van der Waals surface area contributed by atoms with Crippen LogP contribution in [0.15, 0.2) is 36.4 Å². The molecule has 3 rings (SSSR count). The minimum atomic E-state index is -0.380. The number of nitrogens with one attached hydrogen (secondary N) is 1. The molecule has 1 aliphatic carbocycles. The zero-order chi connectivity index (χ0) is 13.4. The number of hydrogen-bond acceptors (Lipinski definition) is 1. The van der Waals surface area contributed by atoms with Crippen LogP contribution in [-0.4, -0.2) is 0 Å². The standard InChI is InChI=1S/C16H15ClFN/c1-10-2-3-11-4-7-16(13(11)8-10)19-12-5-6-15(18)14(17)9-12/h2-3,5-6,8-9,16,19H,4,7H2,1H3. The second kappa shape index (κ2) is 4.86. The molecule has 3 heteroatoms. The molecule has 2 aromatic rings. The second-order valence-corrected chi connectivity index (χ2v) is 5.47. The van der Waals surface area contributed by atoms with Crippen LogP contribution in [0.3, 0.4) is 0 Å². The molecule has 98 valence electrons. The van der Waals surface area contributed by atoms with Crippen LogP contribution in [0.4, 0.5) is 10.1 Å². The van der Waals surface area contributed by atoms with Gasteiger partial charge in [0.2, 0.25) is 0 Å². The Kier molecular flexibility index (Phi) is 3.19. The van der Waals surface area contributed by atoms with Crippen LogP contribution >= 0.6 is 11.6 Å². The predicted molar refractivity (Wildman–Crippen MR) is 77.3 cm³/mol. The lowest BCUT2D eigenvalue weighted by atomic mass is 10.0. The van der Waals surface area contributed by atoms with Gasteiger partial charge in [0.25, 0.3) is 0 Å². The van der Waals surface area contributed by atoms with Gasteiger partial charge < -0.3 is 5.32 Å². The molecule has 1 N–H and O–H groups in total. The molecule has 2 aromatic carbocycles. The fraction of sp³-hybridized carbons (Fsp3) is 0.250. The van der Waals surface area contributed by atoms with Gasteiger partial charge in [0.05, 0.1) is 11.1 Å². The zero-order valence-electron chi connectivity index (χ0n) is 10.7. The molecule has 0 fully saturated rings. The largest absolute Gasteiger partial charge is 0.378 e. The third-order valence-electron chi connectivity index (χ3n) is 3.64. The van der Waals surface area contributed by atoms with Crippen molar-refractivity contribution in [3.05, 3.63) is 63.9 Å². The van der Waals surface area contributed by atoms with E-state index in [0.29, 0.717) is 0 Å². The highest BCUT2D eigenvalue weighted by Crippen LogP contribution is 2.35. The van der Waals surface area contributed by atoms with E-state index in [2.05, 4.69) is 30.4 Å². The van der Waals surface area contributed by atoms with Crippen LogP contribution in [0.5, 0.6) is 0 Å². The first kappa shape index (κ1) is 12.5. The minimum absolute atomic E-state index is 0.160. The maximum Gasteiger partial charge on any atom is 0.141 e. The van der Waals surface area contributed by atoms with Gasteiger partial charge in [-0.1, -0.05) is 35.4 Å². The number of fused-ring (bicyclic) bond motifs is 1. The van der Waals surface area contributed by atoms with Gasteiger partial charge in [-0.05, 0) is 49.1 Å². The van der Waals surface area contributed by atoms with E-state index in [-0.39, 0.29) is 16.9 Å². The van der Waals surface area contributed by atoms with E-state index in [9.17, 15) is 4.39 Å². The SMILES string of the molecule is Cc1ccc2c(c1)C(Nc1ccc(F)c(Cl)c1)CC2. The summed E-state index contributed by atoms with van der Waals surface area (Å²) >= 11 is 5.81. The Hall–Kier alpha value is -1.54.